The Balaban J connectivity index is 2.10. The molecule has 0 atom stereocenters. The number of thioether (sulfide) groups is 1. The van der Waals surface area contributed by atoms with E-state index in [1.54, 1.807) is 0 Å². The van der Waals surface area contributed by atoms with Crippen LogP contribution >= 0.6 is 23.4 Å². The van der Waals surface area contributed by atoms with E-state index in [0.717, 1.165) is 34.2 Å². The van der Waals surface area contributed by atoms with Crippen LogP contribution < -0.4 is 0 Å². The number of nitrogens with zero attached hydrogens (tertiary/aromatic N) is 2. The molecule has 0 N–H and O–H groups in total. The Morgan fingerprint density at radius 3 is 2.65 bits per heavy atom. The lowest BCUT2D eigenvalue weighted by atomic mass is 10.1. The van der Waals surface area contributed by atoms with E-state index in [1.807, 2.05) is 23.9 Å². The van der Waals surface area contributed by atoms with Crippen molar-refractivity contribution in [2.45, 2.75) is 18.4 Å². The predicted molar refractivity (Wildman–Crippen MR) is 72.2 cm³/mol. The number of hydrogen-bond acceptors (Lipinski definition) is 3. The third-order valence-electron chi connectivity index (χ3n) is 2.84. The van der Waals surface area contributed by atoms with Crippen LogP contribution in [-0.4, -0.2) is 9.97 Å². The van der Waals surface area contributed by atoms with Crippen LogP contribution in [0.3, 0.4) is 0 Å². The fraction of sp³-hybridized carbons (Fsp3) is 0.231. The van der Waals surface area contributed by atoms with Gasteiger partial charge in [0.2, 0.25) is 0 Å². The molecule has 0 amide bonds. The average Bonchev–Trinajstić information content (AvgIpc) is 2.78. The highest BCUT2D eigenvalue weighted by Gasteiger charge is 2.18. The van der Waals surface area contributed by atoms with Crippen molar-refractivity contribution in [3.63, 3.8) is 0 Å². The molecule has 1 aromatic heterocycles. The second kappa shape index (κ2) is 4.31. The van der Waals surface area contributed by atoms with Crippen LogP contribution in [0.1, 0.15) is 16.8 Å². The highest BCUT2D eigenvalue weighted by Crippen LogP contribution is 2.34. The first-order valence-electron chi connectivity index (χ1n) is 5.44. The summed E-state index contributed by atoms with van der Waals surface area (Å²) in [5.41, 5.74) is 4.45. The molecule has 0 saturated heterocycles. The molecule has 0 saturated carbocycles. The quantitative estimate of drug-likeness (QED) is 0.730. The Kier molecular flexibility index (Phi) is 2.81. The van der Waals surface area contributed by atoms with Gasteiger partial charge < -0.3 is 0 Å². The number of hydrogen-bond donors (Lipinski definition) is 0. The van der Waals surface area contributed by atoms with Crippen LogP contribution in [0.5, 0.6) is 0 Å². The van der Waals surface area contributed by atoms with Gasteiger partial charge in [-0.15, -0.1) is 0 Å². The molecule has 1 aromatic carbocycles. The van der Waals surface area contributed by atoms with Crippen molar-refractivity contribution in [1.82, 2.24) is 9.97 Å². The summed E-state index contributed by atoms with van der Waals surface area (Å²) in [5.74, 6) is 2.61. The molecule has 0 unspecified atom stereocenters. The largest absolute Gasteiger partial charge is 0.232 e. The molecule has 0 aliphatic carbocycles. The Bertz CT molecular complexity index is 566. The molecule has 0 fully saturated rings. The van der Waals surface area contributed by atoms with Crippen LogP contribution in [0.25, 0.3) is 11.4 Å². The number of halogens is 1. The van der Waals surface area contributed by atoms with Crippen LogP contribution in [-0.2, 0) is 11.5 Å². The van der Waals surface area contributed by atoms with Crippen molar-refractivity contribution in [2.75, 3.05) is 0 Å². The third kappa shape index (κ3) is 2.05. The first kappa shape index (κ1) is 11.1. The molecule has 1 aliphatic rings. The van der Waals surface area contributed by atoms with Gasteiger partial charge in [0.1, 0.15) is 5.15 Å². The van der Waals surface area contributed by atoms with Gasteiger partial charge in [-0.25, -0.2) is 9.97 Å². The average molecular weight is 263 g/mol. The van der Waals surface area contributed by atoms with E-state index in [9.17, 15) is 0 Å². The second-order valence-electron chi connectivity index (χ2n) is 4.12. The maximum absolute atomic E-state index is 6.19. The molecule has 2 heterocycles. The van der Waals surface area contributed by atoms with Gasteiger partial charge in [0.05, 0.1) is 5.69 Å². The standard InChI is InChI=1S/C13H11ClN2S/c1-8-2-4-9(5-3-8)13-15-11-7-17-6-10(11)12(14)16-13/h2-5H,6-7H2,1H3. The summed E-state index contributed by atoms with van der Waals surface area (Å²) in [6.45, 7) is 2.07. The molecular weight excluding hydrogens is 252 g/mol. The zero-order chi connectivity index (χ0) is 11.8. The van der Waals surface area contributed by atoms with Crippen LogP contribution in [0, 0.1) is 6.92 Å². The summed E-state index contributed by atoms with van der Waals surface area (Å²) in [7, 11) is 0. The van der Waals surface area contributed by atoms with Crippen molar-refractivity contribution in [1.29, 1.82) is 0 Å². The summed E-state index contributed by atoms with van der Waals surface area (Å²) in [4.78, 5) is 8.98. The summed E-state index contributed by atoms with van der Waals surface area (Å²) >= 11 is 8.03. The molecule has 0 bridgehead atoms. The van der Waals surface area contributed by atoms with Crippen molar-refractivity contribution < 1.29 is 0 Å². The lowest BCUT2D eigenvalue weighted by molar-refractivity contribution is 1.07. The van der Waals surface area contributed by atoms with Crippen molar-refractivity contribution >= 4 is 23.4 Å². The minimum absolute atomic E-state index is 0.607. The Hall–Kier alpha value is -1.06. The fourth-order valence-corrected chi connectivity index (χ4v) is 3.22. The SMILES string of the molecule is Cc1ccc(-c2nc(Cl)c3c(n2)CSC3)cc1. The number of aryl methyl sites for hydroxylation is 1. The van der Waals surface area contributed by atoms with Crippen molar-refractivity contribution in [2.24, 2.45) is 0 Å². The highest BCUT2D eigenvalue weighted by molar-refractivity contribution is 7.98. The van der Waals surface area contributed by atoms with Gasteiger partial charge in [0.15, 0.2) is 5.82 Å². The zero-order valence-electron chi connectivity index (χ0n) is 9.40. The highest BCUT2D eigenvalue weighted by atomic mass is 35.5. The van der Waals surface area contributed by atoms with Gasteiger partial charge >= 0.3 is 0 Å². The maximum Gasteiger partial charge on any atom is 0.161 e. The molecule has 1 aliphatic heterocycles. The molecule has 2 nitrogen and oxygen atoms in total. The molecular formula is C13H11ClN2S. The Morgan fingerprint density at radius 1 is 1.12 bits per heavy atom. The van der Waals surface area contributed by atoms with Crippen molar-refractivity contribution in [3.05, 3.63) is 46.2 Å². The lowest BCUT2D eigenvalue weighted by Crippen LogP contribution is -1.97. The van der Waals surface area contributed by atoms with E-state index < -0.39 is 0 Å². The maximum atomic E-state index is 6.19. The first-order chi connectivity index (χ1) is 8.24. The van der Waals surface area contributed by atoms with E-state index in [4.69, 9.17) is 11.6 Å². The van der Waals surface area contributed by atoms with E-state index in [1.165, 1.54) is 5.56 Å². The van der Waals surface area contributed by atoms with Crippen LogP contribution in [0.4, 0.5) is 0 Å². The summed E-state index contributed by atoms with van der Waals surface area (Å²) in [6.07, 6.45) is 0. The topological polar surface area (TPSA) is 25.8 Å². The number of rotatable bonds is 1. The van der Waals surface area contributed by atoms with E-state index in [2.05, 4.69) is 29.0 Å². The first-order valence-corrected chi connectivity index (χ1v) is 6.97. The predicted octanol–water partition coefficient (Wildman–Crippen LogP) is 3.85. The summed E-state index contributed by atoms with van der Waals surface area (Å²) in [6, 6.07) is 8.20. The minimum Gasteiger partial charge on any atom is -0.232 e. The van der Waals surface area contributed by atoms with Gasteiger partial charge in [-0.1, -0.05) is 41.4 Å². The zero-order valence-corrected chi connectivity index (χ0v) is 11.0. The number of benzene rings is 1. The van der Waals surface area contributed by atoms with E-state index >= 15 is 0 Å². The Labute approximate surface area is 109 Å². The number of aromatic nitrogens is 2. The summed E-state index contributed by atoms with van der Waals surface area (Å²) in [5, 5.41) is 0.607. The molecule has 0 spiro atoms. The third-order valence-corrected chi connectivity index (χ3v) is 4.12. The molecule has 4 heteroatoms. The fourth-order valence-electron chi connectivity index (χ4n) is 1.84. The smallest absolute Gasteiger partial charge is 0.161 e. The minimum atomic E-state index is 0.607. The molecule has 0 radical (unpaired) electrons. The normalized spacial score (nSPS) is 13.8. The van der Waals surface area contributed by atoms with E-state index in [-0.39, 0.29) is 0 Å². The summed E-state index contributed by atoms with van der Waals surface area (Å²) < 4.78 is 0. The molecule has 3 rings (SSSR count). The van der Waals surface area contributed by atoms with Crippen LogP contribution in [0.2, 0.25) is 5.15 Å². The van der Waals surface area contributed by atoms with Gasteiger partial charge in [0.25, 0.3) is 0 Å². The molecule has 2 aromatic rings. The monoisotopic (exact) mass is 262 g/mol. The van der Waals surface area contributed by atoms with E-state index in [0.29, 0.717) is 5.15 Å². The van der Waals surface area contributed by atoms with Gasteiger partial charge in [-0.3, -0.25) is 0 Å². The Morgan fingerprint density at radius 2 is 1.88 bits per heavy atom. The van der Waals surface area contributed by atoms with Gasteiger partial charge in [-0.05, 0) is 6.92 Å². The van der Waals surface area contributed by atoms with Crippen LogP contribution in [0.15, 0.2) is 24.3 Å². The molecule has 17 heavy (non-hydrogen) atoms. The van der Waals surface area contributed by atoms with Gasteiger partial charge in [0, 0.05) is 22.6 Å². The van der Waals surface area contributed by atoms with Gasteiger partial charge in [-0.2, -0.15) is 11.8 Å². The second-order valence-corrected chi connectivity index (χ2v) is 5.47. The lowest BCUT2D eigenvalue weighted by Gasteiger charge is -2.05. The number of fused-ring (bicyclic) bond motifs is 1. The van der Waals surface area contributed by atoms with Crippen molar-refractivity contribution in [3.8, 4) is 11.4 Å². The molecule has 86 valence electrons.